The molecular formula is C17H18F3N3O5S. The Morgan fingerprint density at radius 2 is 1.90 bits per heavy atom. The smallest absolute Gasteiger partial charge is 0.394 e. The molecule has 1 N–H and O–H groups in total. The molecule has 1 heterocycles. The lowest BCUT2D eigenvalue weighted by molar-refractivity contribution is -0.132. The number of esters is 1. The van der Waals surface area contributed by atoms with E-state index in [-0.39, 0.29) is 11.3 Å². The largest absolute Gasteiger partial charge is 0.426 e. The molecule has 2 aromatic rings. The summed E-state index contributed by atoms with van der Waals surface area (Å²) in [7, 11) is -3.02. The van der Waals surface area contributed by atoms with Crippen LogP contribution in [-0.4, -0.2) is 42.5 Å². The van der Waals surface area contributed by atoms with Crippen LogP contribution in [0.5, 0.6) is 5.75 Å². The number of benzene rings is 1. The quantitative estimate of drug-likeness (QED) is 0.573. The Morgan fingerprint density at radius 1 is 1.28 bits per heavy atom. The molecule has 12 heteroatoms. The summed E-state index contributed by atoms with van der Waals surface area (Å²) in [5.41, 5.74) is -0.266. The highest BCUT2D eigenvalue weighted by atomic mass is 32.2. The van der Waals surface area contributed by atoms with Gasteiger partial charge in [-0.1, -0.05) is 12.1 Å². The monoisotopic (exact) mass is 433 g/mol. The predicted molar refractivity (Wildman–Crippen MR) is 96.5 cm³/mol. The zero-order valence-electron chi connectivity index (χ0n) is 15.9. The van der Waals surface area contributed by atoms with Gasteiger partial charge >= 0.3 is 12.1 Å². The molecule has 1 aromatic heterocycles. The summed E-state index contributed by atoms with van der Waals surface area (Å²) in [4.78, 5) is 23.3. The zero-order chi connectivity index (χ0) is 22.1. The number of sulfone groups is 1. The number of ether oxygens (including phenoxy) is 1. The molecule has 29 heavy (non-hydrogen) atoms. The van der Waals surface area contributed by atoms with E-state index in [0.717, 1.165) is 24.9 Å². The van der Waals surface area contributed by atoms with Gasteiger partial charge in [0.05, 0.1) is 17.7 Å². The number of nitrogens with one attached hydrogen (secondary N) is 1. The molecule has 158 valence electrons. The van der Waals surface area contributed by atoms with Crippen LogP contribution in [0.2, 0.25) is 0 Å². The van der Waals surface area contributed by atoms with Gasteiger partial charge in [0.2, 0.25) is 0 Å². The fraction of sp³-hybridized carbons (Fsp3) is 0.353. The highest BCUT2D eigenvalue weighted by Gasteiger charge is 2.35. The maximum absolute atomic E-state index is 12.9. The van der Waals surface area contributed by atoms with E-state index in [1.807, 2.05) is 0 Å². The van der Waals surface area contributed by atoms with Crippen molar-refractivity contribution >= 4 is 27.5 Å². The summed E-state index contributed by atoms with van der Waals surface area (Å²) in [5, 5.41) is 5.95. The second-order valence-corrected chi connectivity index (χ2v) is 8.26. The van der Waals surface area contributed by atoms with Gasteiger partial charge < -0.3 is 10.1 Å². The van der Waals surface area contributed by atoms with E-state index < -0.39 is 50.7 Å². The standard InChI is InChI=1S/C17H18F3N3O5S/c1-9-6-5-7-11(13(9)28-10(2)24)16(25)21-15-14(29(4,26)27)12(23(3)22-15)8-17(18,19)20/h5-7H,8H2,1-4H3,(H,21,22,25). The Bertz CT molecular complexity index is 1070. The van der Waals surface area contributed by atoms with Crippen LogP contribution in [0.25, 0.3) is 0 Å². The van der Waals surface area contributed by atoms with Gasteiger partial charge in [-0.05, 0) is 18.6 Å². The van der Waals surface area contributed by atoms with Crippen molar-refractivity contribution in [3.8, 4) is 5.75 Å². The van der Waals surface area contributed by atoms with Gasteiger partial charge in [0.25, 0.3) is 5.91 Å². The van der Waals surface area contributed by atoms with Crippen molar-refractivity contribution in [2.75, 3.05) is 11.6 Å². The van der Waals surface area contributed by atoms with Crippen molar-refractivity contribution in [3.63, 3.8) is 0 Å². The fourth-order valence-electron chi connectivity index (χ4n) is 2.68. The van der Waals surface area contributed by atoms with Crippen LogP contribution in [0, 0.1) is 6.92 Å². The number of halogens is 3. The van der Waals surface area contributed by atoms with E-state index in [4.69, 9.17) is 4.74 Å². The van der Waals surface area contributed by atoms with E-state index in [1.165, 1.54) is 12.1 Å². The third kappa shape index (κ3) is 5.34. The van der Waals surface area contributed by atoms with Crippen LogP contribution < -0.4 is 10.1 Å². The average molecular weight is 433 g/mol. The molecule has 0 unspecified atom stereocenters. The molecule has 8 nitrogen and oxygen atoms in total. The number of rotatable bonds is 5. The first-order chi connectivity index (χ1) is 13.2. The summed E-state index contributed by atoms with van der Waals surface area (Å²) in [5.74, 6) is -2.18. The number of alkyl halides is 3. The zero-order valence-corrected chi connectivity index (χ0v) is 16.7. The van der Waals surface area contributed by atoms with Gasteiger partial charge in [-0.3, -0.25) is 14.3 Å². The van der Waals surface area contributed by atoms with Crippen molar-refractivity contribution in [2.24, 2.45) is 7.05 Å². The maximum Gasteiger partial charge on any atom is 0.394 e. The van der Waals surface area contributed by atoms with E-state index in [2.05, 4.69) is 10.4 Å². The molecule has 0 aliphatic carbocycles. The van der Waals surface area contributed by atoms with Crippen LogP contribution in [0.3, 0.4) is 0 Å². The maximum atomic E-state index is 12.9. The number of nitrogens with zero attached hydrogens (tertiary/aromatic N) is 2. The molecule has 0 aliphatic rings. The van der Waals surface area contributed by atoms with Crippen LogP contribution in [-0.2, 0) is 28.1 Å². The lowest BCUT2D eigenvalue weighted by atomic mass is 10.1. The van der Waals surface area contributed by atoms with Crippen LogP contribution in [0.4, 0.5) is 19.0 Å². The number of para-hydroxylation sites is 1. The topological polar surface area (TPSA) is 107 Å². The number of anilines is 1. The minimum absolute atomic E-state index is 0.0511. The summed E-state index contributed by atoms with van der Waals surface area (Å²) >= 11 is 0. The molecule has 1 aromatic carbocycles. The molecule has 0 aliphatic heterocycles. The number of carbonyl (C=O) groups excluding carboxylic acids is 2. The SMILES string of the molecule is CC(=O)Oc1c(C)cccc1C(=O)Nc1nn(C)c(CC(F)(F)F)c1S(C)(=O)=O. The van der Waals surface area contributed by atoms with E-state index in [1.54, 1.807) is 13.0 Å². The highest BCUT2D eigenvalue weighted by Crippen LogP contribution is 2.31. The minimum Gasteiger partial charge on any atom is -0.426 e. The van der Waals surface area contributed by atoms with Crippen molar-refractivity contribution in [1.29, 1.82) is 0 Å². The predicted octanol–water partition coefficient (Wildman–Crippen LogP) is 2.41. The minimum atomic E-state index is -4.69. The Morgan fingerprint density at radius 3 is 2.41 bits per heavy atom. The Hall–Kier alpha value is -2.89. The third-order valence-corrected chi connectivity index (χ3v) is 4.96. The summed E-state index contributed by atoms with van der Waals surface area (Å²) in [6, 6.07) is 4.40. The van der Waals surface area contributed by atoms with Gasteiger partial charge in [0.15, 0.2) is 15.7 Å². The van der Waals surface area contributed by atoms with Crippen LogP contribution >= 0.6 is 0 Å². The molecular weight excluding hydrogens is 415 g/mol. The number of aryl methyl sites for hydroxylation is 2. The van der Waals surface area contributed by atoms with Gasteiger partial charge in [-0.25, -0.2) is 8.42 Å². The van der Waals surface area contributed by atoms with Crippen LogP contribution in [0.15, 0.2) is 23.1 Å². The van der Waals surface area contributed by atoms with E-state index >= 15 is 0 Å². The average Bonchev–Trinajstić information content (AvgIpc) is 2.82. The Balaban J connectivity index is 2.53. The summed E-state index contributed by atoms with van der Waals surface area (Å²) in [6.07, 6.45) is -5.51. The first kappa shape index (κ1) is 22.4. The highest BCUT2D eigenvalue weighted by molar-refractivity contribution is 7.91. The molecule has 0 saturated carbocycles. The molecule has 0 bridgehead atoms. The molecule has 0 atom stereocenters. The van der Waals surface area contributed by atoms with Crippen molar-refractivity contribution in [3.05, 3.63) is 35.0 Å². The first-order valence-corrected chi connectivity index (χ1v) is 10.0. The van der Waals surface area contributed by atoms with Crippen molar-refractivity contribution in [2.45, 2.75) is 31.3 Å². The lowest BCUT2D eigenvalue weighted by Gasteiger charge is -2.12. The fourth-order valence-corrected chi connectivity index (χ4v) is 3.76. The van der Waals surface area contributed by atoms with Crippen molar-refractivity contribution < 1.29 is 35.9 Å². The molecule has 0 radical (unpaired) electrons. The van der Waals surface area contributed by atoms with Gasteiger partial charge in [-0.15, -0.1) is 0 Å². The van der Waals surface area contributed by atoms with Gasteiger partial charge in [0.1, 0.15) is 10.6 Å². The normalized spacial score (nSPS) is 12.0. The van der Waals surface area contributed by atoms with E-state index in [9.17, 15) is 31.2 Å². The molecule has 0 fully saturated rings. The first-order valence-electron chi connectivity index (χ1n) is 8.12. The number of hydrogen-bond acceptors (Lipinski definition) is 6. The number of hydrogen-bond donors (Lipinski definition) is 1. The number of amides is 1. The molecule has 1 amide bonds. The van der Waals surface area contributed by atoms with Gasteiger partial charge in [0, 0.05) is 20.2 Å². The van der Waals surface area contributed by atoms with Gasteiger partial charge in [-0.2, -0.15) is 18.3 Å². The Labute approximate surface area is 164 Å². The summed E-state index contributed by atoms with van der Waals surface area (Å²) < 4.78 is 68.6. The Kier molecular flexibility index (Phi) is 6.07. The lowest BCUT2D eigenvalue weighted by Crippen LogP contribution is -2.18. The summed E-state index contributed by atoms with van der Waals surface area (Å²) in [6.45, 7) is 2.72. The second-order valence-electron chi connectivity index (χ2n) is 6.31. The number of aromatic nitrogens is 2. The second kappa shape index (κ2) is 7.85. The molecule has 0 spiro atoms. The molecule has 2 rings (SSSR count). The van der Waals surface area contributed by atoms with Crippen LogP contribution in [0.1, 0.15) is 28.5 Å². The molecule has 0 saturated heterocycles. The number of carbonyl (C=O) groups is 2. The third-order valence-electron chi connectivity index (χ3n) is 3.79. The van der Waals surface area contributed by atoms with Crippen molar-refractivity contribution in [1.82, 2.24) is 9.78 Å². The van der Waals surface area contributed by atoms with E-state index in [0.29, 0.717) is 5.56 Å².